The van der Waals surface area contributed by atoms with Gasteiger partial charge in [0.2, 0.25) is 0 Å². The van der Waals surface area contributed by atoms with E-state index in [-0.39, 0.29) is 11.2 Å². The molecule has 146 valence electrons. The fourth-order valence-corrected chi connectivity index (χ4v) is 4.32. The summed E-state index contributed by atoms with van der Waals surface area (Å²) in [6, 6.07) is -0.601. The molecule has 7 nitrogen and oxygen atoms in total. The number of halogens is 3. The van der Waals surface area contributed by atoms with Gasteiger partial charge in [0.1, 0.15) is 12.2 Å². The van der Waals surface area contributed by atoms with Crippen molar-refractivity contribution in [3.05, 3.63) is 27.2 Å². The molecule has 2 N–H and O–H groups in total. The van der Waals surface area contributed by atoms with Crippen molar-refractivity contribution in [3.63, 3.8) is 0 Å². The number of aryl methyl sites for hydroxylation is 1. The van der Waals surface area contributed by atoms with Crippen molar-refractivity contribution in [2.75, 3.05) is 6.54 Å². The molecular formula is C17H19F3N4O3. The van der Waals surface area contributed by atoms with Gasteiger partial charge < -0.3 is 10.1 Å². The topological polar surface area (TPSA) is 91.2 Å². The number of aromatic amines is 1. The third kappa shape index (κ3) is 3.06. The Kier molecular flexibility index (Phi) is 4.15. The molecule has 0 saturated carbocycles. The van der Waals surface area contributed by atoms with Crippen LogP contribution in [0.1, 0.15) is 48.5 Å². The number of nitrogens with one attached hydrogen (secondary N) is 1. The van der Waals surface area contributed by atoms with Gasteiger partial charge in [-0.1, -0.05) is 0 Å². The minimum Gasteiger partial charge on any atom is -0.465 e. The Morgan fingerprint density at radius 1 is 1.22 bits per heavy atom. The second kappa shape index (κ2) is 6.28. The van der Waals surface area contributed by atoms with Crippen LogP contribution in [0.4, 0.5) is 18.0 Å². The molecule has 1 atom stereocenters. The number of hydrogen-bond donors (Lipinski definition) is 2. The van der Waals surface area contributed by atoms with Crippen molar-refractivity contribution in [3.8, 4) is 0 Å². The molecule has 0 spiro atoms. The number of nitrogens with zero attached hydrogens (tertiary/aromatic N) is 3. The molecule has 3 heterocycles. The lowest BCUT2D eigenvalue weighted by Crippen LogP contribution is -2.29. The van der Waals surface area contributed by atoms with E-state index in [2.05, 4.69) is 10.1 Å². The Hall–Kier alpha value is -2.52. The monoisotopic (exact) mass is 384 g/mol. The van der Waals surface area contributed by atoms with Gasteiger partial charge in [-0.25, -0.2) is 9.48 Å². The summed E-state index contributed by atoms with van der Waals surface area (Å²) in [4.78, 5) is 27.8. The van der Waals surface area contributed by atoms with Crippen LogP contribution in [0.15, 0.2) is 4.79 Å². The minimum atomic E-state index is -4.51. The number of amides is 1. The van der Waals surface area contributed by atoms with Crippen molar-refractivity contribution in [1.82, 2.24) is 19.7 Å². The minimum absolute atomic E-state index is 0.0326. The number of carboxylic acid groups (broad SMARTS) is 1. The Bertz CT molecular complexity index is 963. The van der Waals surface area contributed by atoms with Gasteiger partial charge in [0.05, 0.1) is 11.7 Å². The average molecular weight is 384 g/mol. The maximum absolute atomic E-state index is 13.0. The number of pyridine rings is 1. The van der Waals surface area contributed by atoms with Crippen LogP contribution in [0.2, 0.25) is 0 Å². The van der Waals surface area contributed by atoms with Crippen LogP contribution < -0.4 is 5.56 Å². The van der Waals surface area contributed by atoms with E-state index in [1.165, 1.54) is 4.90 Å². The molecule has 0 unspecified atom stereocenters. The molecule has 2 aliphatic rings. The predicted molar refractivity (Wildman–Crippen MR) is 89.8 cm³/mol. The fraction of sp³-hybridized carbons (Fsp3) is 0.588. The van der Waals surface area contributed by atoms with Gasteiger partial charge in [-0.15, -0.1) is 0 Å². The van der Waals surface area contributed by atoms with Crippen molar-refractivity contribution < 1.29 is 23.1 Å². The largest absolute Gasteiger partial charge is 0.465 e. The summed E-state index contributed by atoms with van der Waals surface area (Å²) in [5, 5.41) is 14.1. The zero-order valence-corrected chi connectivity index (χ0v) is 14.5. The Morgan fingerprint density at radius 3 is 2.59 bits per heavy atom. The van der Waals surface area contributed by atoms with Gasteiger partial charge in [0.15, 0.2) is 0 Å². The van der Waals surface area contributed by atoms with Crippen LogP contribution in [0.25, 0.3) is 11.0 Å². The predicted octanol–water partition coefficient (Wildman–Crippen LogP) is 2.98. The molecule has 1 saturated heterocycles. The SMILES string of the molecule is O=C(O)N1CCC[C@@H]1c1nn(CC(F)(F)F)c2[nH]c(=O)c3c(c12)CCCC3. The van der Waals surface area contributed by atoms with Crippen molar-refractivity contribution in [1.29, 1.82) is 0 Å². The molecular weight excluding hydrogens is 365 g/mol. The van der Waals surface area contributed by atoms with E-state index in [1.807, 2.05) is 0 Å². The zero-order chi connectivity index (χ0) is 19.3. The van der Waals surface area contributed by atoms with E-state index >= 15 is 0 Å². The first-order valence-electron chi connectivity index (χ1n) is 8.97. The number of hydrogen-bond acceptors (Lipinski definition) is 3. The van der Waals surface area contributed by atoms with E-state index < -0.39 is 24.9 Å². The second-order valence-electron chi connectivity index (χ2n) is 7.13. The van der Waals surface area contributed by atoms with E-state index in [4.69, 9.17) is 0 Å². The van der Waals surface area contributed by atoms with E-state index in [0.29, 0.717) is 48.9 Å². The molecule has 27 heavy (non-hydrogen) atoms. The van der Waals surface area contributed by atoms with Crippen molar-refractivity contribution in [2.24, 2.45) is 0 Å². The number of rotatable bonds is 2. The number of likely N-dealkylation sites (tertiary alicyclic amines) is 1. The first-order valence-corrected chi connectivity index (χ1v) is 8.97. The summed E-state index contributed by atoms with van der Waals surface area (Å²) in [6.07, 6.45) is -1.67. The highest BCUT2D eigenvalue weighted by Crippen LogP contribution is 2.38. The van der Waals surface area contributed by atoms with E-state index in [9.17, 15) is 27.9 Å². The molecule has 0 aromatic carbocycles. The quantitative estimate of drug-likeness (QED) is 0.833. The fourth-order valence-electron chi connectivity index (χ4n) is 4.32. The molecule has 1 aliphatic heterocycles. The lowest BCUT2D eigenvalue weighted by atomic mass is 9.89. The number of carbonyl (C=O) groups is 1. The molecule has 1 fully saturated rings. The second-order valence-corrected chi connectivity index (χ2v) is 7.13. The van der Waals surface area contributed by atoms with Crippen LogP contribution in [0.3, 0.4) is 0 Å². The molecule has 0 bridgehead atoms. The summed E-state index contributed by atoms with van der Waals surface area (Å²) in [7, 11) is 0. The summed E-state index contributed by atoms with van der Waals surface area (Å²) in [5.74, 6) is 0. The van der Waals surface area contributed by atoms with Crippen LogP contribution in [0.5, 0.6) is 0 Å². The molecule has 0 radical (unpaired) electrons. The van der Waals surface area contributed by atoms with Gasteiger partial charge >= 0.3 is 12.3 Å². The van der Waals surface area contributed by atoms with Gasteiger partial charge in [0.25, 0.3) is 5.56 Å². The lowest BCUT2D eigenvalue weighted by Gasteiger charge is -2.21. The van der Waals surface area contributed by atoms with Gasteiger partial charge in [-0.05, 0) is 44.1 Å². The summed E-state index contributed by atoms with van der Waals surface area (Å²) >= 11 is 0. The molecule has 1 aliphatic carbocycles. The van der Waals surface area contributed by atoms with Crippen molar-refractivity contribution >= 4 is 17.1 Å². The van der Waals surface area contributed by atoms with Crippen molar-refractivity contribution in [2.45, 2.75) is 57.3 Å². The Balaban J connectivity index is 1.97. The van der Waals surface area contributed by atoms with Crippen LogP contribution in [-0.4, -0.2) is 43.6 Å². The Labute approximate surface area is 151 Å². The first-order chi connectivity index (χ1) is 12.8. The summed E-state index contributed by atoms with van der Waals surface area (Å²) in [6.45, 7) is -1.02. The smallest absolute Gasteiger partial charge is 0.408 e. The maximum Gasteiger partial charge on any atom is 0.408 e. The Morgan fingerprint density at radius 2 is 1.93 bits per heavy atom. The molecule has 2 aromatic rings. The zero-order valence-electron chi connectivity index (χ0n) is 14.5. The third-order valence-corrected chi connectivity index (χ3v) is 5.40. The van der Waals surface area contributed by atoms with E-state index in [0.717, 1.165) is 23.1 Å². The van der Waals surface area contributed by atoms with Gasteiger partial charge in [0, 0.05) is 17.5 Å². The van der Waals surface area contributed by atoms with Crippen LogP contribution >= 0.6 is 0 Å². The average Bonchev–Trinajstić information content (AvgIpc) is 3.19. The maximum atomic E-state index is 13.0. The van der Waals surface area contributed by atoms with Crippen LogP contribution in [0, 0.1) is 0 Å². The standard InChI is InChI=1S/C17H19F3N4O3/c18-17(19,20)8-24-14-12(9-4-1-2-5-10(9)15(25)21-14)13(22-24)11-6-3-7-23(11)16(26)27/h11H,1-8H2,(H,21,25)(H,26,27)/t11-/m1/s1. The highest BCUT2D eigenvalue weighted by molar-refractivity contribution is 5.84. The summed E-state index contributed by atoms with van der Waals surface area (Å²) in [5.41, 5.74) is 1.28. The number of alkyl halides is 3. The number of H-pyrrole nitrogens is 1. The van der Waals surface area contributed by atoms with Crippen LogP contribution in [-0.2, 0) is 19.4 Å². The highest BCUT2D eigenvalue weighted by atomic mass is 19.4. The van der Waals surface area contributed by atoms with E-state index in [1.54, 1.807) is 0 Å². The molecule has 1 amide bonds. The lowest BCUT2D eigenvalue weighted by molar-refractivity contribution is -0.142. The number of fused-ring (bicyclic) bond motifs is 3. The van der Waals surface area contributed by atoms with Gasteiger partial charge in [-0.3, -0.25) is 9.69 Å². The van der Waals surface area contributed by atoms with Gasteiger partial charge in [-0.2, -0.15) is 18.3 Å². The third-order valence-electron chi connectivity index (χ3n) is 5.40. The number of aromatic nitrogens is 3. The molecule has 2 aromatic heterocycles. The normalized spacial score (nSPS) is 20.3. The highest BCUT2D eigenvalue weighted by Gasteiger charge is 2.37. The molecule has 4 rings (SSSR count). The first kappa shape index (κ1) is 17.9. The molecule has 10 heteroatoms. The summed E-state index contributed by atoms with van der Waals surface area (Å²) < 4.78 is 39.9.